The molecule has 0 amide bonds. The quantitative estimate of drug-likeness (QED) is 0.845. The fraction of sp³-hybridized carbons (Fsp3) is 0.400. The summed E-state index contributed by atoms with van der Waals surface area (Å²) in [7, 11) is 1.34. The van der Waals surface area contributed by atoms with Crippen LogP contribution in [-0.2, 0) is 5.54 Å². The van der Waals surface area contributed by atoms with Crippen molar-refractivity contribution in [3.8, 4) is 5.75 Å². The smallest absolute Gasteiger partial charge is 0.149 e. The summed E-state index contributed by atoms with van der Waals surface area (Å²) in [6.45, 7) is 3.07. The van der Waals surface area contributed by atoms with Gasteiger partial charge >= 0.3 is 0 Å². The van der Waals surface area contributed by atoms with Gasteiger partial charge in [0, 0.05) is 17.2 Å². The summed E-state index contributed by atoms with van der Waals surface area (Å²) in [6, 6.07) is 1.11. The van der Waals surface area contributed by atoms with Gasteiger partial charge in [-0.15, -0.1) is 0 Å². The Balaban J connectivity index is 3.50. The zero-order valence-corrected chi connectivity index (χ0v) is 10.3. The molecule has 84 valence electrons. The average Bonchev–Trinajstić information content (AvgIpc) is 2.09. The monoisotopic (exact) mass is 279 g/mol. The molecular formula is C10H12BrF2NO. The average molecular weight is 280 g/mol. The molecule has 0 aliphatic rings. The van der Waals surface area contributed by atoms with Crippen molar-refractivity contribution < 1.29 is 13.5 Å². The molecule has 1 aromatic carbocycles. The Morgan fingerprint density at radius 3 is 2.33 bits per heavy atom. The molecule has 0 saturated carbocycles. The molecule has 0 fully saturated rings. The molecule has 0 bridgehead atoms. The molecule has 0 aliphatic carbocycles. The van der Waals surface area contributed by atoms with E-state index in [1.165, 1.54) is 21.0 Å². The van der Waals surface area contributed by atoms with Crippen molar-refractivity contribution in [2.75, 3.05) is 7.11 Å². The molecule has 0 aliphatic heterocycles. The molecule has 0 heterocycles. The minimum absolute atomic E-state index is 0.0833. The molecule has 0 unspecified atom stereocenters. The minimum atomic E-state index is -1.08. The summed E-state index contributed by atoms with van der Waals surface area (Å²) >= 11 is 3.00. The lowest BCUT2D eigenvalue weighted by Crippen LogP contribution is -2.31. The maximum atomic E-state index is 13.8. The van der Waals surface area contributed by atoms with Crippen molar-refractivity contribution in [2.45, 2.75) is 19.4 Å². The van der Waals surface area contributed by atoms with Crippen LogP contribution in [0.15, 0.2) is 10.5 Å². The minimum Gasteiger partial charge on any atom is -0.495 e. The molecule has 0 atom stereocenters. The zero-order valence-electron chi connectivity index (χ0n) is 8.70. The molecule has 0 radical (unpaired) electrons. The summed E-state index contributed by atoms with van der Waals surface area (Å²) < 4.78 is 32.2. The first-order chi connectivity index (χ1) is 6.79. The Morgan fingerprint density at radius 1 is 1.40 bits per heavy atom. The highest BCUT2D eigenvalue weighted by Gasteiger charge is 2.27. The van der Waals surface area contributed by atoms with Crippen LogP contribution in [0.1, 0.15) is 19.4 Å². The van der Waals surface area contributed by atoms with Gasteiger partial charge in [0.15, 0.2) is 0 Å². The second-order valence-corrected chi connectivity index (χ2v) is 4.58. The summed E-state index contributed by atoms with van der Waals surface area (Å²) in [5, 5.41) is 0. The van der Waals surface area contributed by atoms with Gasteiger partial charge in [0.25, 0.3) is 0 Å². The van der Waals surface area contributed by atoms with E-state index in [9.17, 15) is 8.78 Å². The topological polar surface area (TPSA) is 35.2 Å². The van der Waals surface area contributed by atoms with E-state index in [4.69, 9.17) is 10.5 Å². The van der Waals surface area contributed by atoms with E-state index in [2.05, 4.69) is 15.9 Å². The van der Waals surface area contributed by atoms with Gasteiger partial charge in [-0.25, -0.2) is 8.78 Å². The van der Waals surface area contributed by atoms with Crippen molar-refractivity contribution in [1.82, 2.24) is 0 Å². The highest BCUT2D eigenvalue weighted by molar-refractivity contribution is 9.10. The van der Waals surface area contributed by atoms with Crippen molar-refractivity contribution in [2.24, 2.45) is 5.73 Å². The van der Waals surface area contributed by atoms with Gasteiger partial charge in [0.2, 0.25) is 0 Å². The number of methoxy groups -OCH3 is 1. The van der Waals surface area contributed by atoms with Gasteiger partial charge in [-0.3, -0.25) is 0 Å². The van der Waals surface area contributed by atoms with E-state index in [0.29, 0.717) is 0 Å². The Labute approximate surface area is 95.5 Å². The Morgan fingerprint density at radius 2 is 1.93 bits per heavy atom. The normalized spacial score (nSPS) is 11.7. The summed E-state index contributed by atoms with van der Waals surface area (Å²) in [5.41, 5.74) is 4.44. The first kappa shape index (κ1) is 12.4. The number of halogens is 3. The molecule has 15 heavy (non-hydrogen) atoms. The van der Waals surface area contributed by atoms with Gasteiger partial charge in [0.05, 0.1) is 11.6 Å². The number of nitrogens with two attached hydrogens (primary N) is 1. The largest absolute Gasteiger partial charge is 0.495 e. The van der Waals surface area contributed by atoms with E-state index >= 15 is 0 Å². The van der Waals surface area contributed by atoms with Crippen LogP contribution in [0.5, 0.6) is 5.75 Å². The van der Waals surface area contributed by atoms with Crippen LogP contribution in [0.3, 0.4) is 0 Å². The summed E-state index contributed by atoms with van der Waals surface area (Å²) in [5.74, 6) is -1.32. The summed E-state index contributed by atoms with van der Waals surface area (Å²) in [4.78, 5) is 0. The first-order valence-electron chi connectivity index (χ1n) is 4.30. The lowest BCUT2D eigenvalue weighted by molar-refractivity contribution is 0.393. The fourth-order valence-electron chi connectivity index (χ4n) is 1.31. The van der Waals surface area contributed by atoms with Crippen molar-refractivity contribution in [1.29, 1.82) is 0 Å². The van der Waals surface area contributed by atoms with Gasteiger partial charge < -0.3 is 10.5 Å². The number of hydrogen-bond acceptors (Lipinski definition) is 2. The highest BCUT2D eigenvalue weighted by Crippen LogP contribution is 2.35. The Hall–Kier alpha value is -0.680. The van der Waals surface area contributed by atoms with E-state index in [-0.39, 0.29) is 15.8 Å². The Bertz CT molecular complexity index is 388. The molecule has 0 spiro atoms. The van der Waals surface area contributed by atoms with E-state index in [0.717, 1.165) is 6.07 Å². The lowest BCUT2D eigenvalue weighted by atomic mass is 9.94. The predicted molar refractivity (Wildman–Crippen MR) is 57.8 cm³/mol. The Kier molecular flexibility index (Phi) is 3.35. The number of ether oxygens (including phenoxy) is 1. The van der Waals surface area contributed by atoms with Crippen molar-refractivity contribution in [3.05, 3.63) is 27.7 Å². The van der Waals surface area contributed by atoms with E-state index in [1.54, 1.807) is 0 Å². The standard InChI is InChI=1S/C10H12BrF2NO/c1-10(2,14)7-5(12)4-6(15-3)8(11)9(7)13/h4H,14H2,1-3H3. The maximum absolute atomic E-state index is 13.8. The third-order valence-electron chi connectivity index (χ3n) is 1.99. The summed E-state index contributed by atoms with van der Waals surface area (Å²) in [6.07, 6.45) is 0. The fourth-order valence-corrected chi connectivity index (χ4v) is 1.79. The lowest BCUT2D eigenvalue weighted by Gasteiger charge is -2.22. The van der Waals surface area contributed by atoms with Gasteiger partial charge in [0.1, 0.15) is 17.4 Å². The van der Waals surface area contributed by atoms with E-state index in [1.807, 2.05) is 0 Å². The maximum Gasteiger partial charge on any atom is 0.149 e. The van der Waals surface area contributed by atoms with Crippen LogP contribution in [-0.4, -0.2) is 7.11 Å². The highest BCUT2D eigenvalue weighted by atomic mass is 79.9. The van der Waals surface area contributed by atoms with Gasteiger partial charge in [-0.05, 0) is 29.8 Å². The van der Waals surface area contributed by atoms with E-state index < -0.39 is 17.2 Å². The molecule has 0 saturated heterocycles. The second-order valence-electron chi connectivity index (χ2n) is 3.79. The first-order valence-corrected chi connectivity index (χ1v) is 5.09. The van der Waals surface area contributed by atoms with Crippen LogP contribution >= 0.6 is 15.9 Å². The molecule has 1 rings (SSSR count). The van der Waals surface area contributed by atoms with Gasteiger partial charge in [-0.2, -0.15) is 0 Å². The molecule has 0 aromatic heterocycles. The third-order valence-corrected chi connectivity index (χ3v) is 2.73. The third kappa shape index (κ3) is 2.29. The van der Waals surface area contributed by atoms with Gasteiger partial charge in [-0.1, -0.05) is 0 Å². The zero-order chi connectivity index (χ0) is 11.8. The number of benzene rings is 1. The molecule has 5 heteroatoms. The van der Waals surface area contributed by atoms with Crippen LogP contribution in [0, 0.1) is 11.6 Å². The molecule has 1 aromatic rings. The molecule has 2 N–H and O–H groups in total. The molecule has 2 nitrogen and oxygen atoms in total. The van der Waals surface area contributed by atoms with Crippen LogP contribution in [0.4, 0.5) is 8.78 Å². The van der Waals surface area contributed by atoms with Crippen molar-refractivity contribution >= 4 is 15.9 Å². The predicted octanol–water partition coefficient (Wildman–Crippen LogP) is 2.93. The molecular weight excluding hydrogens is 268 g/mol. The van der Waals surface area contributed by atoms with Crippen LogP contribution < -0.4 is 10.5 Å². The van der Waals surface area contributed by atoms with Crippen LogP contribution in [0.2, 0.25) is 0 Å². The SMILES string of the molecule is COc1cc(F)c(C(C)(C)N)c(F)c1Br. The van der Waals surface area contributed by atoms with Crippen LogP contribution in [0.25, 0.3) is 0 Å². The second kappa shape index (κ2) is 4.06. The number of rotatable bonds is 2. The van der Waals surface area contributed by atoms with Crippen molar-refractivity contribution in [3.63, 3.8) is 0 Å². The number of hydrogen-bond donors (Lipinski definition) is 1.